The van der Waals surface area contributed by atoms with Crippen molar-refractivity contribution in [1.82, 2.24) is 5.32 Å². The summed E-state index contributed by atoms with van der Waals surface area (Å²) in [5.74, 6) is 0.711. The Balaban J connectivity index is 3.77. The Bertz CT molecular complexity index is 306. The molecule has 5 heteroatoms. The first-order valence-corrected chi connectivity index (χ1v) is 8.05. The van der Waals surface area contributed by atoms with Crippen molar-refractivity contribution in [2.45, 2.75) is 59.3 Å². The molecule has 0 aliphatic heterocycles. The van der Waals surface area contributed by atoms with Crippen molar-refractivity contribution in [2.75, 3.05) is 13.1 Å². The largest absolute Gasteiger partial charge is 0.481 e. The molecule has 0 fully saturated rings. The van der Waals surface area contributed by atoms with E-state index < -0.39 is 5.97 Å². The third kappa shape index (κ3) is 11.3. The van der Waals surface area contributed by atoms with Crippen molar-refractivity contribution in [3.63, 3.8) is 0 Å². The maximum Gasteiger partial charge on any atom is 0.303 e. The fraction of sp³-hybridized carbons (Fsp3) is 0.875. The number of hydrogen-bond donors (Lipinski definition) is 3. The molecule has 0 aromatic carbocycles. The Hall–Kier alpha value is -1.10. The molecule has 0 saturated carbocycles. The number of carbonyl (C=O) groups excluding carboxylic acids is 1. The normalized spacial score (nSPS) is 14.0. The van der Waals surface area contributed by atoms with E-state index in [0.29, 0.717) is 43.7 Å². The van der Waals surface area contributed by atoms with Crippen LogP contribution < -0.4 is 11.1 Å². The summed E-state index contributed by atoms with van der Waals surface area (Å²) in [6, 6.07) is 0. The zero-order valence-corrected chi connectivity index (χ0v) is 13.7. The number of carboxylic acids is 1. The predicted octanol–water partition coefficient (Wildman–Crippen LogP) is 2.39. The number of carboxylic acid groups (broad SMARTS) is 1. The number of carbonyl (C=O) groups is 2. The summed E-state index contributed by atoms with van der Waals surface area (Å²) in [6.07, 6.45) is 4.09. The molecule has 0 aromatic rings. The molecular weight excluding hydrogens is 268 g/mol. The topological polar surface area (TPSA) is 92.4 Å². The van der Waals surface area contributed by atoms with Crippen LogP contribution in [0, 0.1) is 17.8 Å². The lowest BCUT2D eigenvalue weighted by molar-refractivity contribution is -0.137. The molecule has 21 heavy (non-hydrogen) atoms. The lowest BCUT2D eigenvalue weighted by Crippen LogP contribution is -2.26. The smallest absolute Gasteiger partial charge is 0.303 e. The SMILES string of the molecule is CC(CCNC(=O)CCC(CCN)C(C)C)CCC(=O)O. The molecule has 0 heterocycles. The molecule has 0 saturated heterocycles. The highest BCUT2D eigenvalue weighted by Gasteiger charge is 2.14. The Morgan fingerprint density at radius 1 is 1.05 bits per heavy atom. The van der Waals surface area contributed by atoms with Crippen molar-refractivity contribution >= 4 is 11.9 Å². The average molecular weight is 300 g/mol. The van der Waals surface area contributed by atoms with E-state index in [2.05, 4.69) is 19.2 Å². The summed E-state index contributed by atoms with van der Waals surface area (Å²) in [5.41, 5.74) is 5.59. The Morgan fingerprint density at radius 2 is 1.71 bits per heavy atom. The number of nitrogens with two attached hydrogens (primary N) is 1. The third-order valence-corrected chi connectivity index (χ3v) is 4.03. The van der Waals surface area contributed by atoms with Gasteiger partial charge in [-0.05, 0) is 50.0 Å². The van der Waals surface area contributed by atoms with Gasteiger partial charge in [0.2, 0.25) is 5.91 Å². The first-order valence-electron chi connectivity index (χ1n) is 8.05. The second-order valence-electron chi connectivity index (χ2n) is 6.30. The van der Waals surface area contributed by atoms with Crippen molar-refractivity contribution < 1.29 is 14.7 Å². The maximum absolute atomic E-state index is 11.8. The van der Waals surface area contributed by atoms with Gasteiger partial charge in [-0.15, -0.1) is 0 Å². The molecular formula is C16H32N2O3. The van der Waals surface area contributed by atoms with E-state index in [1.165, 1.54) is 0 Å². The molecule has 0 radical (unpaired) electrons. The first-order chi connectivity index (χ1) is 9.86. The predicted molar refractivity (Wildman–Crippen MR) is 84.9 cm³/mol. The second kappa shape index (κ2) is 11.5. The van der Waals surface area contributed by atoms with Crippen LogP contribution in [0.5, 0.6) is 0 Å². The van der Waals surface area contributed by atoms with E-state index in [1.54, 1.807) is 0 Å². The molecule has 0 aromatic heterocycles. The molecule has 0 bridgehead atoms. The lowest BCUT2D eigenvalue weighted by Gasteiger charge is -2.19. The Morgan fingerprint density at radius 3 is 2.24 bits per heavy atom. The summed E-state index contributed by atoms with van der Waals surface area (Å²) >= 11 is 0. The number of rotatable bonds is 12. The van der Waals surface area contributed by atoms with E-state index in [0.717, 1.165) is 19.3 Å². The van der Waals surface area contributed by atoms with Crippen LogP contribution in [0.1, 0.15) is 59.3 Å². The van der Waals surface area contributed by atoms with Crippen LogP contribution in [0.15, 0.2) is 0 Å². The van der Waals surface area contributed by atoms with Gasteiger partial charge in [0.15, 0.2) is 0 Å². The zero-order valence-electron chi connectivity index (χ0n) is 13.7. The average Bonchev–Trinajstić information content (AvgIpc) is 2.40. The standard InChI is InChI=1S/C16H32N2O3/c1-12(2)14(8-10-17)5-6-15(19)18-11-9-13(3)4-7-16(20)21/h12-14H,4-11,17H2,1-3H3,(H,18,19)(H,20,21). The number of nitrogens with one attached hydrogen (secondary N) is 1. The fourth-order valence-electron chi connectivity index (χ4n) is 2.40. The number of amides is 1. The monoisotopic (exact) mass is 300 g/mol. The minimum absolute atomic E-state index is 0.0862. The molecule has 0 aliphatic carbocycles. The van der Waals surface area contributed by atoms with Gasteiger partial charge in [-0.1, -0.05) is 20.8 Å². The van der Waals surface area contributed by atoms with Crippen LogP contribution in [-0.4, -0.2) is 30.1 Å². The van der Waals surface area contributed by atoms with Crippen molar-refractivity contribution in [3.8, 4) is 0 Å². The quantitative estimate of drug-likeness (QED) is 0.516. The Kier molecular flexibility index (Phi) is 10.9. The van der Waals surface area contributed by atoms with Crippen LogP contribution in [0.3, 0.4) is 0 Å². The maximum atomic E-state index is 11.8. The van der Waals surface area contributed by atoms with Crippen molar-refractivity contribution in [1.29, 1.82) is 0 Å². The molecule has 124 valence electrons. The summed E-state index contributed by atoms with van der Waals surface area (Å²) in [4.78, 5) is 22.2. The van der Waals surface area contributed by atoms with Gasteiger partial charge in [0.05, 0.1) is 0 Å². The molecule has 0 aliphatic rings. The highest BCUT2D eigenvalue weighted by atomic mass is 16.4. The van der Waals surface area contributed by atoms with Gasteiger partial charge in [0.1, 0.15) is 0 Å². The number of aliphatic carboxylic acids is 1. The van der Waals surface area contributed by atoms with E-state index in [-0.39, 0.29) is 12.3 Å². The molecule has 4 N–H and O–H groups in total. The Labute approximate surface area is 128 Å². The summed E-state index contributed by atoms with van der Waals surface area (Å²) in [7, 11) is 0. The van der Waals surface area contributed by atoms with Crippen LogP contribution in [0.2, 0.25) is 0 Å². The molecule has 5 nitrogen and oxygen atoms in total. The van der Waals surface area contributed by atoms with E-state index in [9.17, 15) is 9.59 Å². The lowest BCUT2D eigenvalue weighted by atomic mass is 9.88. The van der Waals surface area contributed by atoms with E-state index in [1.807, 2.05) is 6.92 Å². The van der Waals surface area contributed by atoms with Crippen LogP contribution >= 0.6 is 0 Å². The second-order valence-corrected chi connectivity index (χ2v) is 6.30. The fourth-order valence-corrected chi connectivity index (χ4v) is 2.40. The summed E-state index contributed by atoms with van der Waals surface area (Å²) in [6.45, 7) is 7.66. The molecule has 2 atom stereocenters. The highest BCUT2D eigenvalue weighted by Crippen LogP contribution is 2.20. The van der Waals surface area contributed by atoms with Crippen molar-refractivity contribution in [3.05, 3.63) is 0 Å². The summed E-state index contributed by atoms with van der Waals surface area (Å²) < 4.78 is 0. The van der Waals surface area contributed by atoms with Gasteiger partial charge in [-0.25, -0.2) is 0 Å². The zero-order chi connectivity index (χ0) is 16.3. The van der Waals surface area contributed by atoms with E-state index in [4.69, 9.17) is 10.8 Å². The van der Waals surface area contributed by atoms with E-state index >= 15 is 0 Å². The van der Waals surface area contributed by atoms with Gasteiger partial charge in [-0.2, -0.15) is 0 Å². The minimum atomic E-state index is -0.759. The van der Waals surface area contributed by atoms with Crippen molar-refractivity contribution in [2.24, 2.45) is 23.5 Å². The minimum Gasteiger partial charge on any atom is -0.481 e. The summed E-state index contributed by atoms with van der Waals surface area (Å²) in [5, 5.41) is 11.5. The third-order valence-electron chi connectivity index (χ3n) is 4.03. The van der Waals surface area contributed by atoms with Gasteiger partial charge in [-0.3, -0.25) is 9.59 Å². The van der Waals surface area contributed by atoms with Gasteiger partial charge in [0.25, 0.3) is 0 Å². The van der Waals surface area contributed by atoms with Gasteiger partial charge in [0, 0.05) is 19.4 Å². The molecule has 0 spiro atoms. The highest BCUT2D eigenvalue weighted by molar-refractivity contribution is 5.75. The molecule has 1 amide bonds. The first kappa shape index (κ1) is 19.9. The van der Waals surface area contributed by atoms with Crippen LogP contribution in [0.25, 0.3) is 0 Å². The van der Waals surface area contributed by atoms with Gasteiger partial charge >= 0.3 is 5.97 Å². The van der Waals surface area contributed by atoms with Crippen LogP contribution in [-0.2, 0) is 9.59 Å². The van der Waals surface area contributed by atoms with Gasteiger partial charge < -0.3 is 16.2 Å². The number of hydrogen-bond acceptors (Lipinski definition) is 3. The van der Waals surface area contributed by atoms with Crippen LogP contribution in [0.4, 0.5) is 0 Å². The molecule has 0 rings (SSSR count). The molecule has 2 unspecified atom stereocenters.